The average molecular weight is 1090 g/mol. The maximum absolute atomic E-state index is 14.0. The normalized spacial score (nSPS) is 37.0. The summed E-state index contributed by atoms with van der Waals surface area (Å²) in [4.78, 5) is 79.5. The van der Waals surface area contributed by atoms with Crippen molar-refractivity contribution >= 4 is 23.8 Å². The standard InChI is InChI=1S/C44H70N4O27/c1-17-28(57)31(60)32(61)40(69-17)72-34-23(16-51)71-39(68-11-9-7-5-4-6-8-10-25(56)67-3)27(48-38(63)19-12-24(55)47-43(66)46-19)36(34)73-41-33(62)37(30(59)22(15-50)70-41)75-44(42(64)65)13-20(53)26(45-18(2)52)35(74-44)29(58)21(54)14-49/h12,17,20-23,26-37,39-41,49-51,53-54,57-62H,4-11,13-16H2,1-3H3,(H,45,52)(H,48,63)(H,64,65)(H2,46,47,55,66). The van der Waals surface area contributed by atoms with Gasteiger partial charge in [-0.05, 0) is 19.8 Å². The fourth-order valence-corrected chi connectivity index (χ4v) is 9.08. The molecule has 21 atom stereocenters. The Bertz CT molecular complexity index is 2110. The molecule has 0 saturated carbocycles. The second-order valence-corrected chi connectivity index (χ2v) is 18.6. The lowest BCUT2D eigenvalue weighted by molar-refractivity contribution is -0.390. The molecule has 4 fully saturated rings. The summed E-state index contributed by atoms with van der Waals surface area (Å²) in [5.41, 5.74) is -2.76. The Morgan fingerprint density at radius 1 is 0.760 bits per heavy atom. The summed E-state index contributed by atoms with van der Waals surface area (Å²) in [6, 6.07) is -2.76. The number of carbonyl (C=O) groups is 4. The van der Waals surface area contributed by atoms with E-state index in [0.717, 1.165) is 13.3 Å². The van der Waals surface area contributed by atoms with E-state index in [0.29, 0.717) is 38.2 Å². The number of esters is 1. The van der Waals surface area contributed by atoms with Gasteiger partial charge in [-0.15, -0.1) is 0 Å². The first-order valence-corrected chi connectivity index (χ1v) is 24.2. The first-order chi connectivity index (χ1) is 35.5. The van der Waals surface area contributed by atoms with Crippen molar-refractivity contribution in [3.63, 3.8) is 0 Å². The number of hydrogen-bond donors (Lipinski definition) is 16. The minimum Gasteiger partial charge on any atom is -0.477 e. The van der Waals surface area contributed by atoms with Gasteiger partial charge in [0.05, 0.1) is 45.2 Å². The molecule has 4 aliphatic rings. The molecule has 0 aromatic carbocycles. The molecular formula is C44H70N4O27. The van der Waals surface area contributed by atoms with Crippen LogP contribution in [-0.4, -0.2) is 257 Å². The van der Waals surface area contributed by atoms with Gasteiger partial charge in [0.25, 0.3) is 17.3 Å². The Labute approximate surface area is 426 Å². The molecule has 0 aliphatic carbocycles. The third-order valence-electron chi connectivity index (χ3n) is 13.1. The molecule has 5 heterocycles. The highest BCUT2D eigenvalue weighted by Gasteiger charge is 2.61. The first kappa shape index (κ1) is 61.7. The summed E-state index contributed by atoms with van der Waals surface area (Å²) in [7, 11) is 1.29. The van der Waals surface area contributed by atoms with Crippen molar-refractivity contribution in [3.05, 3.63) is 32.6 Å². The van der Waals surface area contributed by atoms with Gasteiger partial charge in [-0.25, -0.2) is 9.59 Å². The number of aromatic nitrogens is 2. The number of hydrogen-bond acceptors (Lipinski definition) is 26. The number of aromatic amines is 2. The van der Waals surface area contributed by atoms with Gasteiger partial charge < -0.3 is 120 Å². The summed E-state index contributed by atoms with van der Waals surface area (Å²) in [5.74, 6) is -7.66. The topological polar surface area (TPSA) is 484 Å². The van der Waals surface area contributed by atoms with Gasteiger partial charge in [-0.3, -0.25) is 24.2 Å². The summed E-state index contributed by atoms with van der Waals surface area (Å²) in [6.07, 6.45) is -32.7. The number of carbonyl (C=O) groups excluding carboxylic acids is 3. The van der Waals surface area contributed by atoms with Crippen LogP contribution < -0.4 is 21.9 Å². The van der Waals surface area contributed by atoms with Crippen LogP contribution in [0.5, 0.6) is 0 Å². The Balaban J connectivity index is 1.55. The zero-order chi connectivity index (χ0) is 55.5. The zero-order valence-electron chi connectivity index (χ0n) is 41.1. The molecule has 31 nitrogen and oxygen atoms in total. The number of aliphatic hydroxyl groups excluding tert-OH is 11. The van der Waals surface area contributed by atoms with Crippen molar-refractivity contribution < 1.29 is 123 Å². The lowest BCUT2D eigenvalue weighted by Gasteiger charge is -2.51. The summed E-state index contributed by atoms with van der Waals surface area (Å²) < 4.78 is 52.4. The van der Waals surface area contributed by atoms with Crippen molar-refractivity contribution in [2.45, 2.75) is 194 Å². The molecule has 16 N–H and O–H groups in total. The number of amides is 2. The van der Waals surface area contributed by atoms with E-state index in [2.05, 4.69) is 20.4 Å². The van der Waals surface area contributed by atoms with E-state index >= 15 is 0 Å². The van der Waals surface area contributed by atoms with Crippen molar-refractivity contribution in [3.8, 4) is 0 Å². The van der Waals surface area contributed by atoms with E-state index in [1.54, 1.807) is 0 Å². The molecule has 4 aliphatic heterocycles. The van der Waals surface area contributed by atoms with Gasteiger partial charge in [0.15, 0.2) is 18.9 Å². The SMILES string of the molecule is COC(=O)CCCCCCCCOC1OC(CO)C(OC2OC(C)C(O)C(O)C2O)C(OC2OC(CO)C(O)C(OC3(C(=O)O)CC(O)C(NC(C)=O)C(C(O)C(O)CO)O3)C2O)C1NC(=O)c1cc(=O)[nH]c(=O)[nH]1. The van der Waals surface area contributed by atoms with Crippen LogP contribution in [-0.2, 0) is 57.0 Å². The molecule has 4 saturated heterocycles. The van der Waals surface area contributed by atoms with Gasteiger partial charge in [-0.2, -0.15) is 0 Å². The number of methoxy groups -OCH3 is 1. The molecule has 0 spiro atoms. The number of rotatable bonds is 25. The molecule has 31 heteroatoms. The molecule has 5 rings (SSSR count). The number of aliphatic carboxylic acids is 1. The van der Waals surface area contributed by atoms with Crippen LogP contribution >= 0.6 is 0 Å². The van der Waals surface area contributed by atoms with E-state index < -0.39 is 189 Å². The lowest BCUT2D eigenvalue weighted by atomic mass is 9.88. The summed E-state index contributed by atoms with van der Waals surface area (Å²) >= 11 is 0. The van der Waals surface area contributed by atoms with Gasteiger partial charge in [0.2, 0.25) is 5.91 Å². The minimum absolute atomic E-state index is 0.127. The van der Waals surface area contributed by atoms with Crippen molar-refractivity contribution in [2.24, 2.45) is 0 Å². The number of carboxylic acid groups (broad SMARTS) is 1. The molecule has 1 aromatic rings. The zero-order valence-corrected chi connectivity index (χ0v) is 41.1. The smallest absolute Gasteiger partial charge is 0.364 e. The fraction of sp³-hybridized carbons (Fsp3) is 0.818. The predicted molar refractivity (Wildman–Crippen MR) is 242 cm³/mol. The van der Waals surface area contributed by atoms with Crippen molar-refractivity contribution in [2.75, 3.05) is 33.5 Å². The number of H-pyrrole nitrogens is 2. The van der Waals surface area contributed by atoms with Gasteiger partial charge >= 0.3 is 17.6 Å². The second-order valence-electron chi connectivity index (χ2n) is 18.6. The maximum atomic E-state index is 14.0. The molecule has 0 radical (unpaired) electrons. The Morgan fingerprint density at radius 3 is 2.00 bits per heavy atom. The number of carboxylic acids is 1. The van der Waals surface area contributed by atoms with Crippen LogP contribution in [0.2, 0.25) is 0 Å². The molecule has 21 unspecified atom stereocenters. The Kier molecular flexibility index (Phi) is 22.9. The van der Waals surface area contributed by atoms with E-state index in [4.69, 9.17) is 37.9 Å². The van der Waals surface area contributed by atoms with Gasteiger partial charge in [-0.1, -0.05) is 25.7 Å². The van der Waals surface area contributed by atoms with E-state index in [1.165, 1.54) is 14.0 Å². The number of nitrogens with one attached hydrogen (secondary N) is 4. The van der Waals surface area contributed by atoms with Gasteiger partial charge in [0.1, 0.15) is 91.1 Å². The monoisotopic (exact) mass is 1090 g/mol. The third-order valence-corrected chi connectivity index (χ3v) is 13.1. The van der Waals surface area contributed by atoms with Crippen molar-refractivity contribution in [1.82, 2.24) is 20.6 Å². The molecule has 0 bridgehead atoms. The molecule has 2 amide bonds. The highest BCUT2D eigenvalue weighted by atomic mass is 16.8. The molecular weight excluding hydrogens is 1020 g/mol. The number of aliphatic hydroxyl groups is 11. The van der Waals surface area contributed by atoms with E-state index in [1.807, 2.05) is 4.98 Å². The average Bonchev–Trinajstić information content (AvgIpc) is 3.37. The summed E-state index contributed by atoms with van der Waals surface area (Å²) in [6.45, 7) is -1.06. The number of unbranched alkanes of at least 4 members (excludes halogenated alkanes) is 5. The molecule has 75 heavy (non-hydrogen) atoms. The van der Waals surface area contributed by atoms with Crippen LogP contribution in [0.3, 0.4) is 0 Å². The van der Waals surface area contributed by atoms with Gasteiger partial charge in [0, 0.05) is 32.4 Å². The predicted octanol–water partition coefficient (Wildman–Crippen LogP) is -7.63. The van der Waals surface area contributed by atoms with E-state index in [-0.39, 0.29) is 19.0 Å². The molecule has 1 aromatic heterocycles. The van der Waals surface area contributed by atoms with E-state index in [9.17, 15) is 90.0 Å². The first-order valence-electron chi connectivity index (χ1n) is 24.2. The van der Waals surface area contributed by atoms with Crippen LogP contribution in [0.1, 0.15) is 75.7 Å². The van der Waals surface area contributed by atoms with Crippen LogP contribution in [0.25, 0.3) is 0 Å². The Morgan fingerprint density at radius 2 is 1.39 bits per heavy atom. The minimum atomic E-state index is -3.21. The van der Waals surface area contributed by atoms with Crippen LogP contribution in [0.15, 0.2) is 15.7 Å². The lowest BCUT2D eigenvalue weighted by Crippen LogP contribution is -2.71. The fourth-order valence-electron chi connectivity index (χ4n) is 9.08. The largest absolute Gasteiger partial charge is 0.477 e. The second kappa shape index (κ2) is 27.9. The third kappa shape index (κ3) is 15.3. The highest BCUT2D eigenvalue weighted by Crippen LogP contribution is 2.39. The highest BCUT2D eigenvalue weighted by molar-refractivity contribution is 5.92. The van der Waals surface area contributed by atoms with Crippen LogP contribution in [0.4, 0.5) is 0 Å². The maximum Gasteiger partial charge on any atom is 0.364 e. The summed E-state index contributed by atoms with van der Waals surface area (Å²) in [5, 5.41) is 135. The molecule has 428 valence electrons. The van der Waals surface area contributed by atoms with Crippen molar-refractivity contribution in [1.29, 1.82) is 0 Å². The number of ether oxygens (including phenoxy) is 9. The van der Waals surface area contributed by atoms with Crippen LogP contribution in [0, 0.1) is 0 Å². The quantitative estimate of drug-likeness (QED) is 0.0319. The Hall–Kier alpha value is -4.20.